The van der Waals surface area contributed by atoms with Crippen LogP contribution in [0.1, 0.15) is 27.2 Å². The van der Waals surface area contributed by atoms with E-state index in [2.05, 4.69) is 5.32 Å². The summed E-state index contributed by atoms with van der Waals surface area (Å²) >= 11 is 0. The number of rotatable bonds is 8. The van der Waals surface area contributed by atoms with Crippen molar-refractivity contribution < 1.29 is 19.4 Å². The van der Waals surface area contributed by atoms with E-state index < -0.39 is 12.0 Å². The minimum Gasteiger partial charge on any atom is -0.480 e. The van der Waals surface area contributed by atoms with Crippen LogP contribution in [0.3, 0.4) is 0 Å². The van der Waals surface area contributed by atoms with Gasteiger partial charge in [-0.15, -0.1) is 0 Å². The van der Waals surface area contributed by atoms with Crippen LogP contribution in [-0.2, 0) is 9.53 Å². The van der Waals surface area contributed by atoms with Crippen LogP contribution in [0, 0.1) is 5.92 Å². The first kappa shape index (κ1) is 16.7. The lowest BCUT2D eigenvalue weighted by Gasteiger charge is -2.24. The number of carbonyl (C=O) groups excluding carboxylic acids is 1. The lowest BCUT2D eigenvalue weighted by molar-refractivity contribution is -0.139. The Morgan fingerprint density at radius 1 is 1.39 bits per heavy atom. The van der Waals surface area contributed by atoms with Gasteiger partial charge in [-0.05, 0) is 19.3 Å². The summed E-state index contributed by atoms with van der Waals surface area (Å²) in [5.41, 5.74) is 0. The zero-order valence-electron chi connectivity index (χ0n) is 11.6. The molecule has 0 heterocycles. The van der Waals surface area contributed by atoms with E-state index in [-0.39, 0.29) is 11.9 Å². The predicted molar refractivity (Wildman–Crippen MR) is 68.5 cm³/mol. The predicted octanol–water partition coefficient (Wildman–Crippen LogP) is 1.16. The zero-order chi connectivity index (χ0) is 14.1. The summed E-state index contributed by atoms with van der Waals surface area (Å²) in [6, 6.07) is -1.20. The summed E-state index contributed by atoms with van der Waals surface area (Å²) in [4.78, 5) is 24.4. The Hall–Kier alpha value is -1.30. The molecule has 0 aliphatic carbocycles. The summed E-state index contributed by atoms with van der Waals surface area (Å²) in [5, 5.41) is 11.6. The third kappa shape index (κ3) is 6.44. The Morgan fingerprint density at radius 2 is 2.00 bits per heavy atom. The fourth-order valence-corrected chi connectivity index (χ4v) is 1.54. The molecule has 1 atom stereocenters. The summed E-state index contributed by atoms with van der Waals surface area (Å²) in [5.74, 6) is -0.791. The molecule has 0 saturated heterocycles. The second-order valence-electron chi connectivity index (χ2n) is 4.54. The monoisotopic (exact) mass is 260 g/mol. The normalized spacial score (nSPS) is 12.3. The van der Waals surface area contributed by atoms with E-state index >= 15 is 0 Å². The fraction of sp³-hybridized carbons (Fsp3) is 0.833. The number of nitrogens with zero attached hydrogens (tertiary/aromatic N) is 1. The first-order valence-electron chi connectivity index (χ1n) is 6.19. The van der Waals surface area contributed by atoms with Crippen molar-refractivity contribution in [2.45, 2.75) is 33.2 Å². The van der Waals surface area contributed by atoms with Crippen molar-refractivity contribution >= 4 is 12.0 Å². The van der Waals surface area contributed by atoms with Gasteiger partial charge in [0.1, 0.15) is 6.04 Å². The van der Waals surface area contributed by atoms with Gasteiger partial charge >= 0.3 is 12.0 Å². The zero-order valence-corrected chi connectivity index (χ0v) is 11.6. The van der Waals surface area contributed by atoms with E-state index in [4.69, 9.17) is 9.84 Å². The van der Waals surface area contributed by atoms with Gasteiger partial charge in [-0.3, -0.25) is 0 Å². The second-order valence-corrected chi connectivity index (χ2v) is 4.54. The van der Waals surface area contributed by atoms with E-state index in [0.717, 1.165) is 0 Å². The van der Waals surface area contributed by atoms with Gasteiger partial charge in [0.25, 0.3) is 0 Å². The number of urea groups is 1. The Morgan fingerprint density at radius 3 is 2.39 bits per heavy atom. The smallest absolute Gasteiger partial charge is 0.326 e. The van der Waals surface area contributed by atoms with Crippen molar-refractivity contribution in [3.05, 3.63) is 0 Å². The average Bonchev–Trinajstić information content (AvgIpc) is 2.28. The highest BCUT2D eigenvalue weighted by atomic mass is 16.5. The number of methoxy groups -OCH3 is 1. The van der Waals surface area contributed by atoms with E-state index in [1.54, 1.807) is 7.11 Å². The molecule has 0 fully saturated rings. The number of carboxylic acid groups (broad SMARTS) is 1. The number of ether oxygens (including phenoxy) is 1. The van der Waals surface area contributed by atoms with Crippen LogP contribution < -0.4 is 5.32 Å². The molecule has 6 heteroatoms. The third-order valence-electron chi connectivity index (χ3n) is 2.54. The van der Waals surface area contributed by atoms with Gasteiger partial charge in [0.2, 0.25) is 0 Å². The van der Waals surface area contributed by atoms with Gasteiger partial charge in [0.15, 0.2) is 0 Å². The standard InChI is InChI=1S/C12H24N2O4/c1-5-14(6-7-18-4)12(17)13-10(11(15)16)8-9(2)3/h9-10H,5-8H2,1-4H3,(H,13,17)(H,15,16)/t10-/m1/s1. The maximum Gasteiger partial charge on any atom is 0.326 e. The summed E-state index contributed by atoms with van der Waals surface area (Å²) in [6.07, 6.45) is 0.420. The van der Waals surface area contributed by atoms with Crippen molar-refractivity contribution in [3.63, 3.8) is 0 Å². The molecule has 0 aromatic heterocycles. The maximum atomic E-state index is 11.9. The Bertz CT molecular complexity index is 269. The number of likely N-dealkylation sites (N-methyl/N-ethyl adjacent to an activating group) is 1. The van der Waals surface area contributed by atoms with Crippen molar-refractivity contribution in [2.24, 2.45) is 5.92 Å². The SMILES string of the molecule is CCN(CCOC)C(=O)N[C@H](CC(C)C)C(=O)O. The van der Waals surface area contributed by atoms with E-state index in [0.29, 0.717) is 26.1 Å². The van der Waals surface area contributed by atoms with Crippen LogP contribution in [0.4, 0.5) is 4.79 Å². The molecule has 0 aromatic rings. The fourth-order valence-electron chi connectivity index (χ4n) is 1.54. The van der Waals surface area contributed by atoms with Crippen LogP contribution in [0.2, 0.25) is 0 Å². The van der Waals surface area contributed by atoms with Gasteiger partial charge in [0, 0.05) is 20.2 Å². The first-order chi connectivity index (χ1) is 8.42. The van der Waals surface area contributed by atoms with Gasteiger partial charge < -0.3 is 20.1 Å². The number of amides is 2. The molecule has 18 heavy (non-hydrogen) atoms. The molecule has 0 spiro atoms. The first-order valence-corrected chi connectivity index (χ1v) is 6.19. The number of hydrogen-bond acceptors (Lipinski definition) is 3. The molecule has 0 radical (unpaired) electrons. The summed E-state index contributed by atoms with van der Waals surface area (Å²) in [7, 11) is 1.56. The van der Waals surface area contributed by atoms with Crippen molar-refractivity contribution in [1.82, 2.24) is 10.2 Å². The lowest BCUT2D eigenvalue weighted by atomic mass is 10.0. The highest BCUT2D eigenvalue weighted by molar-refractivity contribution is 5.82. The minimum absolute atomic E-state index is 0.209. The number of carboxylic acids is 1. The van der Waals surface area contributed by atoms with E-state index in [1.807, 2.05) is 20.8 Å². The molecule has 2 N–H and O–H groups in total. The Kier molecular flexibility index (Phi) is 8.11. The average molecular weight is 260 g/mol. The van der Waals surface area contributed by atoms with Crippen LogP contribution in [0.5, 0.6) is 0 Å². The van der Waals surface area contributed by atoms with Crippen LogP contribution in [-0.4, -0.2) is 54.9 Å². The van der Waals surface area contributed by atoms with Crippen LogP contribution in [0.25, 0.3) is 0 Å². The maximum absolute atomic E-state index is 11.9. The number of hydrogen-bond donors (Lipinski definition) is 2. The molecule has 0 aromatic carbocycles. The van der Waals surface area contributed by atoms with Crippen molar-refractivity contribution in [3.8, 4) is 0 Å². The molecule has 0 aliphatic heterocycles. The van der Waals surface area contributed by atoms with Gasteiger partial charge in [-0.2, -0.15) is 0 Å². The quantitative estimate of drug-likeness (QED) is 0.686. The topological polar surface area (TPSA) is 78.9 Å². The minimum atomic E-state index is -1.00. The molecule has 0 aliphatic rings. The van der Waals surface area contributed by atoms with Crippen molar-refractivity contribution in [2.75, 3.05) is 26.8 Å². The molecule has 6 nitrogen and oxygen atoms in total. The highest BCUT2D eigenvalue weighted by Crippen LogP contribution is 2.05. The van der Waals surface area contributed by atoms with Gasteiger partial charge in [-0.25, -0.2) is 9.59 Å². The van der Waals surface area contributed by atoms with Crippen LogP contribution >= 0.6 is 0 Å². The Balaban J connectivity index is 4.41. The molecular formula is C12H24N2O4. The molecule has 0 bridgehead atoms. The van der Waals surface area contributed by atoms with Gasteiger partial charge in [-0.1, -0.05) is 13.8 Å². The highest BCUT2D eigenvalue weighted by Gasteiger charge is 2.23. The lowest BCUT2D eigenvalue weighted by Crippen LogP contribution is -2.49. The van der Waals surface area contributed by atoms with E-state index in [9.17, 15) is 9.59 Å². The van der Waals surface area contributed by atoms with E-state index in [1.165, 1.54) is 4.90 Å². The second kappa shape index (κ2) is 8.74. The van der Waals surface area contributed by atoms with Crippen LogP contribution in [0.15, 0.2) is 0 Å². The largest absolute Gasteiger partial charge is 0.480 e. The molecular weight excluding hydrogens is 236 g/mol. The Labute approximate surface area is 108 Å². The molecule has 2 amide bonds. The third-order valence-corrected chi connectivity index (χ3v) is 2.54. The molecule has 106 valence electrons. The van der Waals surface area contributed by atoms with Gasteiger partial charge in [0.05, 0.1) is 6.61 Å². The number of nitrogens with one attached hydrogen (secondary N) is 1. The van der Waals surface area contributed by atoms with Crippen molar-refractivity contribution in [1.29, 1.82) is 0 Å². The molecule has 0 unspecified atom stereocenters. The molecule has 0 rings (SSSR count). The number of carbonyl (C=O) groups is 2. The number of aliphatic carboxylic acids is 1. The summed E-state index contributed by atoms with van der Waals surface area (Å²) < 4.78 is 4.90. The molecule has 0 saturated carbocycles. The summed E-state index contributed by atoms with van der Waals surface area (Å²) in [6.45, 7) is 7.09.